The van der Waals surface area contributed by atoms with E-state index >= 15 is 0 Å². The van der Waals surface area contributed by atoms with Crippen molar-refractivity contribution in [3.05, 3.63) is 18.0 Å². The van der Waals surface area contributed by atoms with Gasteiger partial charge in [-0.3, -0.25) is 0 Å². The lowest BCUT2D eigenvalue weighted by Gasteiger charge is -2.04. The van der Waals surface area contributed by atoms with E-state index in [1.165, 1.54) is 19.4 Å². The van der Waals surface area contributed by atoms with Gasteiger partial charge in [0.1, 0.15) is 0 Å². The van der Waals surface area contributed by atoms with Crippen LogP contribution in [0.5, 0.6) is 5.75 Å². The molecule has 15 heavy (non-hydrogen) atoms. The standard InChI is InChI=1S/C8H10N4O3/c1-15-5-2-4(12-8(9)10)3-11-6(5)7(13)14/h2-3H,1H3,(H,13,14)(H4,9,10,12). The molecule has 1 aromatic heterocycles. The van der Waals surface area contributed by atoms with Crippen molar-refractivity contribution < 1.29 is 14.6 Å². The zero-order valence-corrected chi connectivity index (χ0v) is 7.97. The Morgan fingerprint density at radius 1 is 1.60 bits per heavy atom. The number of hydrogen-bond acceptors (Lipinski definition) is 4. The largest absolute Gasteiger partial charge is 0.494 e. The first-order chi connectivity index (χ1) is 7.04. The second-order valence-corrected chi connectivity index (χ2v) is 2.59. The van der Waals surface area contributed by atoms with Crippen molar-refractivity contribution in [1.82, 2.24) is 4.98 Å². The van der Waals surface area contributed by atoms with E-state index in [1.807, 2.05) is 0 Å². The highest BCUT2D eigenvalue weighted by atomic mass is 16.5. The Balaban J connectivity index is 3.19. The van der Waals surface area contributed by atoms with Gasteiger partial charge in [0.25, 0.3) is 0 Å². The smallest absolute Gasteiger partial charge is 0.358 e. The molecule has 0 aliphatic heterocycles. The molecule has 7 nitrogen and oxygen atoms in total. The highest BCUT2D eigenvalue weighted by molar-refractivity contribution is 5.89. The SMILES string of the molecule is COc1cc(N=C(N)N)cnc1C(=O)O. The molecule has 0 fully saturated rings. The third-order valence-corrected chi connectivity index (χ3v) is 1.52. The van der Waals surface area contributed by atoms with E-state index in [2.05, 4.69) is 9.98 Å². The first-order valence-electron chi connectivity index (χ1n) is 3.91. The highest BCUT2D eigenvalue weighted by Gasteiger charge is 2.12. The molecule has 0 aromatic carbocycles. The number of aromatic nitrogens is 1. The lowest BCUT2D eigenvalue weighted by atomic mass is 10.3. The Kier molecular flexibility index (Phi) is 3.06. The summed E-state index contributed by atoms with van der Waals surface area (Å²) in [6.07, 6.45) is 1.24. The summed E-state index contributed by atoms with van der Waals surface area (Å²) < 4.78 is 4.83. The summed E-state index contributed by atoms with van der Waals surface area (Å²) >= 11 is 0. The maximum Gasteiger partial charge on any atom is 0.358 e. The Morgan fingerprint density at radius 3 is 2.73 bits per heavy atom. The van der Waals surface area contributed by atoms with Crippen LogP contribution in [0.15, 0.2) is 17.3 Å². The van der Waals surface area contributed by atoms with E-state index < -0.39 is 5.97 Å². The van der Waals surface area contributed by atoms with Gasteiger partial charge in [-0.15, -0.1) is 0 Å². The third kappa shape index (κ3) is 2.56. The molecule has 0 radical (unpaired) electrons. The number of ether oxygens (including phenoxy) is 1. The summed E-state index contributed by atoms with van der Waals surface area (Å²) in [5.74, 6) is -1.21. The Morgan fingerprint density at radius 2 is 2.27 bits per heavy atom. The molecule has 0 saturated carbocycles. The Hall–Kier alpha value is -2.31. The molecule has 1 heterocycles. The molecule has 1 aromatic rings. The molecule has 0 spiro atoms. The number of methoxy groups -OCH3 is 1. The fraction of sp³-hybridized carbons (Fsp3) is 0.125. The molecular weight excluding hydrogens is 200 g/mol. The monoisotopic (exact) mass is 210 g/mol. The maximum atomic E-state index is 10.7. The highest BCUT2D eigenvalue weighted by Crippen LogP contribution is 2.22. The van der Waals surface area contributed by atoms with E-state index in [9.17, 15) is 4.79 Å². The minimum Gasteiger partial charge on any atom is -0.494 e. The lowest BCUT2D eigenvalue weighted by Crippen LogP contribution is -2.21. The molecule has 0 aliphatic carbocycles. The van der Waals surface area contributed by atoms with Crippen LogP contribution in [0.4, 0.5) is 5.69 Å². The first-order valence-corrected chi connectivity index (χ1v) is 3.91. The molecule has 0 aliphatic rings. The summed E-state index contributed by atoms with van der Waals surface area (Å²) in [6, 6.07) is 1.39. The molecule has 0 bridgehead atoms. The number of aromatic carboxylic acids is 1. The van der Waals surface area contributed by atoms with Crippen LogP contribution in [0, 0.1) is 0 Å². The van der Waals surface area contributed by atoms with E-state index in [4.69, 9.17) is 21.3 Å². The Labute approximate surface area is 85.4 Å². The number of aliphatic imine (C=N–C) groups is 1. The van der Waals surface area contributed by atoms with Crippen LogP contribution < -0.4 is 16.2 Å². The summed E-state index contributed by atoms with van der Waals surface area (Å²) in [5.41, 5.74) is 10.5. The second kappa shape index (κ2) is 4.27. The van der Waals surface area contributed by atoms with Crippen LogP contribution in [0.3, 0.4) is 0 Å². The number of hydrogen-bond donors (Lipinski definition) is 3. The molecule has 7 heteroatoms. The molecular formula is C8H10N4O3. The van der Waals surface area contributed by atoms with Gasteiger partial charge in [-0.25, -0.2) is 14.8 Å². The van der Waals surface area contributed by atoms with Crippen molar-refractivity contribution >= 4 is 17.6 Å². The predicted octanol–water partition coefficient (Wildman–Crippen LogP) is -0.307. The molecule has 0 saturated heterocycles. The van der Waals surface area contributed by atoms with Gasteiger partial charge < -0.3 is 21.3 Å². The topological polar surface area (TPSA) is 124 Å². The lowest BCUT2D eigenvalue weighted by molar-refractivity contribution is 0.0686. The van der Waals surface area contributed by atoms with Gasteiger partial charge in [0.2, 0.25) is 0 Å². The van der Waals surface area contributed by atoms with Crippen molar-refractivity contribution in [3.8, 4) is 5.75 Å². The van der Waals surface area contributed by atoms with Gasteiger partial charge in [-0.05, 0) is 0 Å². The van der Waals surface area contributed by atoms with E-state index in [-0.39, 0.29) is 17.4 Å². The predicted molar refractivity (Wildman–Crippen MR) is 53.2 cm³/mol. The second-order valence-electron chi connectivity index (χ2n) is 2.59. The maximum absolute atomic E-state index is 10.7. The van der Waals surface area contributed by atoms with Gasteiger partial charge in [0.15, 0.2) is 17.4 Å². The minimum atomic E-state index is -1.18. The van der Waals surface area contributed by atoms with Gasteiger partial charge >= 0.3 is 5.97 Å². The molecule has 80 valence electrons. The van der Waals surface area contributed by atoms with E-state index in [0.717, 1.165) is 0 Å². The van der Waals surface area contributed by atoms with Crippen LogP contribution in [0.2, 0.25) is 0 Å². The number of carbonyl (C=O) groups is 1. The van der Waals surface area contributed by atoms with Gasteiger partial charge in [-0.2, -0.15) is 0 Å². The van der Waals surface area contributed by atoms with Crippen molar-refractivity contribution in [2.75, 3.05) is 7.11 Å². The van der Waals surface area contributed by atoms with Gasteiger partial charge in [0, 0.05) is 6.07 Å². The number of carboxylic acid groups (broad SMARTS) is 1. The van der Waals surface area contributed by atoms with Crippen LogP contribution >= 0.6 is 0 Å². The van der Waals surface area contributed by atoms with E-state index in [1.54, 1.807) is 0 Å². The summed E-state index contributed by atoms with van der Waals surface area (Å²) in [5, 5.41) is 8.74. The molecule has 1 rings (SSSR count). The molecule has 0 amide bonds. The Bertz CT molecular complexity index is 412. The zero-order chi connectivity index (χ0) is 11.4. The van der Waals surface area contributed by atoms with Crippen LogP contribution in [0.1, 0.15) is 10.5 Å². The molecule has 0 unspecified atom stereocenters. The first kappa shape index (κ1) is 10.8. The zero-order valence-electron chi connectivity index (χ0n) is 7.97. The van der Waals surface area contributed by atoms with E-state index in [0.29, 0.717) is 5.69 Å². The van der Waals surface area contributed by atoms with Gasteiger partial charge in [0.05, 0.1) is 19.0 Å². The van der Waals surface area contributed by atoms with Crippen molar-refractivity contribution in [2.24, 2.45) is 16.5 Å². The molecule has 0 atom stereocenters. The molecule has 5 N–H and O–H groups in total. The third-order valence-electron chi connectivity index (χ3n) is 1.52. The van der Waals surface area contributed by atoms with Gasteiger partial charge in [-0.1, -0.05) is 0 Å². The number of nitrogens with two attached hydrogens (primary N) is 2. The minimum absolute atomic E-state index is 0.102. The van der Waals surface area contributed by atoms with Crippen molar-refractivity contribution in [3.63, 3.8) is 0 Å². The average molecular weight is 210 g/mol. The summed E-state index contributed by atoms with van der Waals surface area (Å²) in [7, 11) is 1.34. The number of rotatable bonds is 3. The number of guanidine groups is 1. The quantitative estimate of drug-likeness (QED) is 0.464. The number of nitrogens with zero attached hydrogens (tertiary/aromatic N) is 2. The fourth-order valence-electron chi connectivity index (χ4n) is 0.961. The van der Waals surface area contributed by atoms with Crippen molar-refractivity contribution in [1.29, 1.82) is 0 Å². The number of pyridine rings is 1. The summed E-state index contributed by atoms with van der Waals surface area (Å²) in [4.78, 5) is 18.1. The summed E-state index contributed by atoms with van der Waals surface area (Å²) in [6.45, 7) is 0. The number of carboxylic acids is 1. The van der Waals surface area contributed by atoms with Crippen molar-refractivity contribution in [2.45, 2.75) is 0 Å². The van der Waals surface area contributed by atoms with Crippen LogP contribution in [-0.4, -0.2) is 29.1 Å². The fourth-order valence-corrected chi connectivity index (χ4v) is 0.961. The van der Waals surface area contributed by atoms with Crippen LogP contribution in [0.25, 0.3) is 0 Å². The normalized spacial score (nSPS) is 9.40. The van der Waals surface area contributed by atoms with Crippen LogP contribution in [-0.2, 0) is 0 Å². The average Bonchev–Trinajstić information content (AvgIpc) is 2.16.